The summed E-state index contributed by atoms with van der Waals surface area (Å²) in [6.07, 6.45) is 4.24. The van der Waals surface area contributed by atoms with Crippen LogP contribution in [0.3, 0.4) is 0 Å². The Morgan fingerprint density at radius 1 is 1.23 bits per heavy atom. The molecule has 6 nitrogen and oxygen atoms in total. The minimum Gasteiger partial charge on any atom is -0.469 e. The maximum atomic E-state index is 11.1. The van der Waals surface area contributed by atoms with Crippen LogP contribution in [0, 0.1) is 11.8 Å². The Balaban J connectivity index is 1.78. The summed E-state index contributed by atoms with van der Waals surface area (Å²) in [7, 11) is 4.62. The van der Waals surface area contributed by atoms with Crippen LogP contribution in [0.2, 0.25) is 0 Å². The van der Waals surface area contributed by atoms with Gasteiger partial charge in [-0.3, -0.25) is 4.79 Å². The van der Waals surface area contributed by atoms with Gasteiger partial charge in [0.2, 0.25) is 0 Å². The molecule has 22 heavy (non-hydrogen) atoms. The molecular weight excluding hydrogens is 288 g/mol. The molecule has 1 aliphatic carbocycles. The lowest BCUT2D eigenvalue weighted by atomic mass is 9.89. The van der Waals surface area contributed by atoms with Gasteiger partial charge in [-0.2, -0.15) is 0 Å². The van der Waals surface area contributed by atoms with Crippen LogP contribution in [0.1, 0.15) is 38.5 Å². The molecule has 1 N–H and O–H groups in total. The first-order chi connectivity index (χ1) is 10.6. The first-order valence-electron chi connectivity index (χ1n) is 8.06. The lowest BCUT2D eigenvalue weighted by Gasteiger charge is -2.27. The fourth-order valence-corrected chi connectivity index (χ4v) is 3.90. The van der Waals surface area contributed by atoms with Crippen molar-refractivity contribution in [1.82, 2.24) is 0 Å². The van der Waals surface area contributed by atoms with Gasteiger partial charge in [-0.15, -0.1) is 0 Å². The van der Waals surface area contributed by atoms with Crippen LogP contribution in [0.4, 0.5) is 0 Å². The van der Waals surface area contributed by atoms with Crippen molar-refractivity contribution in [3.05, 3.63) is 0 Å². The molecule has 2 fully saturated rings. The van der Waals surface area contributed by atoms with Crippen LogP contribution in [-0.2, 0) is 23.7 Å². The van der Waals surface area contributed by atoms with Gasteiger partial charge in [0, 0.05) is 33.0 Å². The highest BCUT2D eigenvalue weighted by molar-refractivity contribution is 5.68. The fourth-order valence-electron chi connectivity index (χ4n) is 3.90. The van der Waals surface area contributed by atoms with Crippen LogP contribution in [0.25, 0.3) is 0 Å². The van der Waals surface area contributed by atoms with Crippen molar-refractivity contribution >= 4 is 5.97 Å². The van der Waals surface area contributed by atoms with E-state index < -0.39 is 6.10 Å². The van der Waals surface area contributed by atoms with Gasteiger partial charge < -0.3 is 24.1 Å². The van der Waals surface area contributed by atoms with Crippen molar-refractivity contribution in [3.8, 4) is 0 Å². The van der Waals surface area contributed by atoms with E-state index in [-0.39, 0.29) is 36.3 Å². The number of unbranched alkanes of at least 4 members (excludes halogenated alkanes) is 1. The van der Waals surface area contributed by atoms with Crippen LogP contribution >= 0.6 is 0 Å². The van der Waals surface area contributed by atoms with E-state index in [0.717, 1.165) is 25.7 Å². The summed E-state index contributed by atoms with van der Waals surface area (Å²) in [5, 5.41) is 10.2. The minimum atomic E-state index is -0.430. The zero-order chi connectivity index (χ0) is 16.1. The predicted octanol–water partition coefficient (Wildman–Crippen LogP) is 1.49. The van der Waals surface area contributed by atoms with Crippen molar-refractivity contribution in [2.24, 2.45) is 11.8 Å². The monoisotopic (exact) mass is 316 g/mol. The predicted molar refractivity (Wildman–Crippen MR) is 79.2 cm³/mol. The first kappa shape index (κ1) is 17.7. The first-order valence-corrected chi connectivity index (χ1v) is 8.06. The number of fused-ring (bicyclic) bond motifs is 1. The molecule has 0 spiro atoms. The second-order valence-electron chi connectivity index (χ2n) is 6.24. The van der Waals surface area contributed by atoms with E-state index in [1.54, 1.807) is 14.2 Å². The lowest BCUT2D eigenvalue weighted by Crippen LogP contribution is -2.35. The van der Waals surface area contributed by atoms with Crippen molar-refractivity contribution < 1.29 is 28.8 Å². The summed E-state index contributed by atoms with van der Waals surface area (Å²) in [6, 6.07) is 0. The average molecular weight is 316 g/mol. The van der Waals surface area contributed by atoms with Gasteiger partial charge in [0.15, 0.2) is 6.29 Å². The summed E-state index contributed by atoms with van der Waals surface area (Å²) in [5.41, 5.74) is 0. The summed E-state index contributed by atoms with van der Waals surface area (Å²) >= 11 is 0. The SMILES string of the molecule is COC(=O)CCCCC1CC2C(CC(O)C2C(OC)OC)O1. The Bertz CT molecular complexity index is 357. The summed E-state index contributed by atoms with van der Waals surface area (Å²) < 4.78 is 21.4. The average Bonchev–Trinajstić information content (AvgIpc) is 3.02. The molecule has 6 heteroatoms. The highest BCUT2D eigenvalue weighted by Gasteiger charge is 2.52. The number of aliphatic hydroxyl groups excluding tert-OH is 1. The van der Waals surface area contributed by atoms with E-state index in [2.05, 4.69) is 4.74 Å². The van der Waals surface area contributed by atoms with E-state index in [1.165, 1.54) is 7.11 Å². The molecule has 5 atom stereocenters. The van der Waals surface area contributed by atoms with E-state index in [0.29, 0.717) is 12.8 Å². The van der Waals surface area contributed by atoms with E-state index in [4.69, 9.17) is 14.2 Å². The topological polar surface area (TPSA) is 74.2 Å². The van der Waals surface area contributed by atoms with Gasteiger partial charge in [0.05, 0.1) is 25.4 Å². The Morgan fingerprint density at radius 3 is 2.59 bits per heavy atom. The quantitative estimate of drug-likeness (QED) is 0.415. The molecule has 1 aliphatic heterocycles. The summed E-state index contributed by atoms with van der Waals surface area (Å²) in [5.74, 6) is 0.0982. The number of hydrogen-bond donors (Lipinski definition) is 1. The maximum absolute atomic E-state index is 11.1. The van der Waals surface area contributed by atoms with E-state index >= 15 is 0 Å². The molecule has 0 aromatic heterocycles. The number of carbonyl (C=O) groups is 1. The van der Waals surface area contributed by atoms with Crippen LogP contribution in [0.15, 0.2) is 0 Å². The van der Waals surface area contributed by atoms with Crippen LogP contribution in [-0.4, -0.2) is 57.0 Å². The molecule has 0 aromatic rings. The molecule has 0 aromatic carbocycles. The zero-order valence-electron chi connectivity index (χ0n) is 13.7. The van der Waals surface area contributed by atoms with Crippen molar-refractivity contribution in [2.75, 3.05) is 21.3 Å². The second kappa shape index (κ2) is 8.24. The zero-order valence-corrected chi connectivity index (χ0v) is 13.7. The number of methoxy groups -OCH3 is 3. The molecule has 5 unspecified atom stereocenters. The molecule has 1 saturated carbocycles. The number of hydrogen-bond acceptors (Lipinski definition) is 6. The highest BCUT2D eigenvalue weighted by atomic mass is 16.7. The molecule has 2 rings (SSSR count). The van der Waals surface area contributed by atoms with E-state index in [9.17, 15) is 9.90 Å². The van der Waals surface area contributed by atoms with Gasteiger partial charge in [0.25, 0.3) is 0 Å². The molecule has 2 aliphatic rings. The Kier molecular flexibility index (Phi) is 6.62. The minimum absolute atomic E-state index is 0.0277. The van der Waals surface area contributed by atoms with Gasteiger partial charge >= 0.3 is 5.97 Å². The lowest BCUT2D eigenvalue weighted by molar-refractivity contribution is -0.164. The maximum Gasteiger partial charge on any atom is 0.305 e. The number of rotatable bonds is 8. The normalized spacial score (nSPS) is 34.1. The van der Waals surface area contributed by atoms with Gasteiger partial charge in [-0.25, -0.2) is 0 Å². The highest BCUT2D eigenvalue weighted by Crippen LogP contribution is 2.46. The van der Waals surface area contributed by atoms with Crippen molar-refractivity contribution in [2.45, 2.75) is 63.1 Å². The van der Waals surface area contributed by atoms with Crippen LogP contribution < -0.4 is 0 Å². The number of esters is 1. The Morgan fingerprint density at radius 2 is 1.95 bits per heavy atom. The molecule has 0 amide bonds. The largest absolute Gasteiger partial charge is 0.469 e. The standard InChI is InChI=1S/C16H28O6/c1-19-14(18)7-5-4-6-10-8-11-13(22-10)9-12(17)15(11)16(20-2)21-3/h10-13,15-17H,4-9H2,1-3H3. The molecule has 0 bridgehead atoms. The summed E-state index contributed by atoms with van der Waals surface area (Å²) in [4.78, 5) is 11.1. The van der Waals surface area contributed by atoms with Gasteiger partial charge in [0.1, 0.15) is 0 Å². The number of carbonyl (C=O) groups excluding carboxylic acids is 1. The van der Waals surface area contributed by atoms with E-state index in [1.807, 2.05) is 0 Å². The van der Waals surface area contributed by atoms with Crippen molar-refractivity contribution in [3.63, 3.8) is 0 Å². The molecule has 1 saturated heterocycles. The third kappa shape index (κ3) is 3.98. The third-order valence-corrected chi connectivity index (χ3v) is 4.96. The van der Waals surface area contributed by atoms with Crippen LogP contribution in [0.5, 0.6) is 0 Å². The second-order valence-corrected chi connectivity index (χ2v) is 6.24. The Labute approximate surface area is 132 Å². The number of aliphatic hydroxyl groups is 1. The third-order valence-electron chi connectivity index (χ3n) is 4.96. The van der Waals surface area contributed by atoms with Crippen molar-refractivity contribution in [1.29, 1.82) is 0 Å². The fraction of sp³-hybridized carbons (Fsp3) is 0.938. The molecule has 1 heterocycles. The smallest absolute Gasteiger partial charge is 0.305 e. The molecule has 0 radical (unpaired) electrons. The Hall–Kier alpha value is -0.690. The van der Waals surface area contributed by atoms with Gasteiger partial charge in [-0.1, -0.05) is 6.42 Å². The summed E-state index contributed by atoms with van der Waals surface area (Å²) in [6.45, 7) is 0. The van der Waals surface area contributed by atoms with Gasteiger partial charge in [-0.05, 0) is 25.2 Å². The molecular formula is C16H28O6. The number of ether oxygens (including phenoxy) is 4. The molecule has 128 valence electrons.